The van der Waals surface area contributed by atoms with E-state index >= 15 is 0 Å². The Bertz CT molecular complexity index is 122. The lowest BCUT2D eigenvalue weighted by Gasteiger charge is -2.22. The van der Waals surface area contributed by atoms with Crippen molar-refractivity contribution in [2.24, 2.45) is 0 Å². The van der Waals surface area contributed by atoms with Crippen LogP contribution in [0.15, 0.2) is 0 Å². The summed E-state index contributed by atoms with van der Waals surface area (Å²) in [5.41, 5.74) is 0. The van der Waals surface area contributed by atoms with Gasteiger partial charge in [-0.2, -0.15) is 0 Å². The first kappa shape index (κ1) is 13.4. The quantitative estimate of drug-likeness (QED) is 0.582. The molecule has 13 heavy (non-hydrogen) atoms. The van der Waals surface area contributed by atoms with Crippen molar-refractivity contribution in [1.29, 1.82) is 0 Å². The molecule has 0 N–H and O–H groups in total. The van der Waals surface area contributed by atoms with Crippen LogP contribution in [0, 0.1) is 0 Å². The molecule has 0 heterocycles. The minimum atomic E-state index is -0.525. The van der Waals surface area contributed by atoms with E-state index in [0.29, 0.717) is 0 Å². The molecule has 0 radical (unpaired) electrons. The van der Waals surface area contributed by atoms with Crippen molar-refractivity contribution in [1.82, 2.24) is 9.13 Å². The van der Waals surface area contributed by atoms with Crippen LogP contribution in [0.1, 0.15) is 13.8 Å². The number of hydrogen-bond donors (Lipinski definition) is 0. The van der Waals surface area contributed by atoms with Crippen molar-refractivity contribution in [3.63, 3.8) is 0 Å². The third kappa shape index (κ3) is 6.43. The molecule has 2 nitrogen and oxygen atoms in total. The van der Waals surface area contributed by atoms with Gasteiger partial charge in [-0.15, -0.1) is 0 Å². The Hall–Kier alpha value is 0.354. The first-order valence-electron chi connectivity index (χ1n) is 5.50. The van der Waals surface area contributed by atoms with E-state index in [0.717, 1.165) is 0 Å². The highest BCUT2D eigenvalue weighted by atomic mass is 28.3. The van der Waals surface area contributed by atoms with E-state index in [1.54, 1.807) is 0 Å². The summed E-state index contributed by atoms with van der Waals surface area (Å²) < 4.78 is 5.10. The first-order valence-corrected chi connectivity index (χ1v) is 9.62. The third-order valence-corrected chi connectivity index (χ3v) is 8.82. The van der Waals surface area contributed by atoms with Crippen LogP contribution < -0.4 is 0 Å². The summed E-state index contributed by atoms with van der Waals surface area (Å²) in [7, 11) is 4.12. The third-order valence-electron chi connectivity index (χ3n) is 2.95. The fourth-order valence-corrected chi connectivity index (χ4v) is 6.36. The Morgan fingerprint density at radius 3 is 2.23 bits per heavy atom. The second-order valence-electron chi connectivity index (χ2n) is 3.96. The molecular weight excluding hydrogens is 192 g/mol. The van der Waals surface area contributed by atoms with Gasteiger partial charge in [-0.3, -0.25) is 0 Å². The topological polar surface area (TPSA) is 6.48 Å². The van der Waals surface area contributed by atoms with Crippen molar-refractivity contribution in [2.75, 3.05) is 27.2 Å². The molecule has 0 spiro atoms. The largest absolute Gasteiger partial charge is 0.332 e. The fraction of sp³-hybridized carbons (Fsp3) is 1.00. The molecule has 0 saturated carbocycles. The summed E-state index contributed by atoms with van der Waals surface area (Å²) >= 11 is 0. The molecule has 0 amide bonds. The Morgan fingerprint density at radius 1 is 1.15 bits per heavy atom. The minimum absolute atomic E-state index is 0.0946. The standard InChI is InChI=1S/C9H26N2Si2/c1-6-10(3)12-8-9-13(5)11(4)7-2/h13H,6-9,12H2,1-5H3. The molecule has 0 saturated heterocycles. The van der Waals surface area contributed by atoms with Gasteiger partial charge in [0.25, 0.3) is 0 Å². The highest BCUT2D eigenvalue weighted by Crippen LogP contribution is 2.02. The van der Waals surface area contributed by atoms with Gasteiger partial charge in [-0.05, 0) is 33.2 Å². The van der Waals surface area contributed by atoms with Gasteiger partial charge in [0, 0.05) is 0 Å². The van der Waals surface area contributed by atoms with Gasteiger partial charge < -0.3 is 9.13 Å². The zero-order chi connectivity index (χ0) is 10.3. The molecule has 80 valence electrons. The molecule has 0 aliphatic rings. The van der Waals surface area contributed by atoms with Crippen molar-refractivity contribution >= 4 is 18.6 Å². The van der Waals surface area contributed by atoms with Crippen LogP contribution in [0.2, 0.25) is 18.6 Å². The summed E-state index contributed by atoms with van der Waals surface area (Å²) in [5.74, 6) is 0. The van der Waals surface area contributed by atoms with E-state index in [-0.39, 0.29) is 9.68 Å². The molecule has 0 aromatic heterocycles. The van der Waals surface area contributed by atoms with Gasteiger partial charge in [0.05, 0.1) is 9.68 Å². The monoisotopic (exact) mass is 218 g/mol. The molecule has 0 aromatic carbocycles. The van der Waals surface area contributed by atoms with Crippen LogP contribution in [0.3, 0.4) is 0 Å². The SMILES string of the molecule is CCN(C)[SiH2]CC[SiH](C)N(C)CC. The lowest BCUT2D eigenvalue weighted by atomic mass is 10.8. The zero-order valence-corrected chi connectivity index (χ0v) is 12.6. The molecule has 0 aliphatic carbocycles. The van der Waals surface area contributed by atoms with Gasteiger partial charge in [0.15, 0.2) is 0 Å². The van der Waals surface area contributed by atoms with Gasteiger partial charge in [-0.25, -0.2) is 0 Å². The lowest BCUT2D eigenvalue weighted by Crippen LogP contribution is -2.34. The molecule has 4 heteroatoms. The van der Waals surface area contributed by atoms with Gasteiger partial charge in [0.1, 0.15) is 8.96 Å². The summed E-state index contributed by atoms with van der Waals surface area (Å²) in [6.45, 7) is 9.47. The predicted octanol–water partition coefficient (Wildman–Crippen LogP) is 0.745. The molecule has 0 fully saturated rings. The molecule has 0 aliphatic heterocycles. The van der Waals surface area contributed by atoms with Crippen molar-refractivity contribution in [2.45, 2.75) is 32.5 Å². The van der Waals surface area contributed by atoms with E-state index in [1.807, 2.05) is 0 Å². The average Bonchev–Trinajstić information content (AvgIpc) is 2.15. The summed E-state index contributed by atoms with van der Waals surface area (Å²) in [6, 6.07) is 3.03. The molecule has 0 bridgehead atoms. The van der Waals surface area contributed by atoms with Crippen LogP contribution in [0.4, 0.5) is 0 Å². The highest BCUT2D eigenvalue weighted by Gasteiger charge is 2.08. The van der Waals surface area contributed by atoms with Crippen molar-refractivity contribution in [3.8, 4) is 0 Å². The first-order chi connectivity index (χ1) is 6.11. The van der Waals surface area contributed by atoms with E-state index in [9.17, 15) is 0 Å². The van der Waals surface area contributed by atoms with Crippen LogP contribution in [0.25, 0.3) is 0 Å². The van der Waals surface area contributed by atoms with Gasteiger partial charge in [0.2, 0.25) is 0 Å². The zero-order valence-electron chi connectivity index (χ0n) is 10.0. The average molecular weight is 218 g/mol. The van der Waals surface area contributed by atoms with Crippen LogP contribution in [-0.2, 0) is 0 Å². The minimum Gasteiger partial charge on any atom is -0.332 e. The lowest BCUT2D eigenvalue weighted by molar-refractivity contribution is 0.548. The van der Waals surface area contributed by atoms with Crippen molar-refractivity contribution < 1.29 is 0 Å². The van der Waals surface area contributed by atoms with Crippen LogP contribution in [-0.4, -0.2) is 55.0 Å². The number of nitrogens with zero attached hydrogens (tertiary/aromatic N) is 2. The number of rotatable bonds is 7. The predicted molar refractivity (Wildman–Crippen MR) is 67.8 cm³/mol. The Labute approximate surface area is 87.9 Å². The molecule has 1 unspecified atom stereocenters. The maximum absolute atomic E-state index is 2.57. The van der Waals surface area contributed by atoms with Gasteiger partial charge >= 0.3 is 0 Å². The normalized spacial score (nSPS) is 15.0. The summed E-state index contributed by atoms with van der Waals surface area (Å²) in [5, 5.41) is 0. The van der Waals surface area contributed by atoms with E-state index < -0.39 is 8.96 Å². The van der Waals surface area contributed by atoms with Gasteiger partial charge in [-0.1, -0.05) is 26.4 Å². The molecular formula is C9H26N2Si2. The molecule has 1 atom stereocenters. The maximum Gasteiger partial charge on any atom is 0.108 e. The summed E-state index contributed by atoms with van der Waals surface area (Å²) in [6.07, 6.45) is 0. The van der Waals surface area contributed by atoms with Crippen LogP contribution >= 0.6 is 0 Å². The Balaban J connectivity index is 3.41. The van der Waals surface area contributed by atoms with E-state index in [4.69, 9.17) is 0 Å². The second kappa shape index (κ2) is 7.73. The number of hydrogen-bond acceptors (Lipinski definition) is 2. The molecule has 0 aromatic rings. The Kier molecular flexibility index (Phi) is 7.94. The van der Waals surface area contributed by atoms with E-state index in [2.05, 4.69) is 43.6 Å². The van der Waals surface area contributed by atoms with E-state index in [1.165, 1.54) is 25.2 Å². The van der Waals surface area contributed by atoms with Crippen molar-refractivity contribution in [3.05, 3.63) is 0 Å². The molecule has 0 rings (SSSR count). The highest BCUT2D eigenvalue weighted by molar-refractivity contribution is 6.55. The second-order valence-corrected chi connectivity index (χ2v) is 9.35. The van der Waals surface area contributed by atoms with Crippen LogP contribution in [0.5, 0.6) is 0 Å². The maximum atomic E-state index is 2.57. The smallest absolute Gasteiger partial charge is 0.108 e. The Morgan fingerprint density at radius 2 is 1.77 bits per heavy atom. The summed E-state index contributed by atoms with van der Waals surface area (Å²) in [4.78, 5) is 0. The fourth-order valence-electron chi connectivity index (χ4n) is 1.35.